The van der Waals surface area contributed by atoms with Gasteiger partial charge in [0.25, 0.3) is 0 Å². The van der Waals surface area contributed by atoms with E-state index in [0.717, 1.165) is 63.7 Å². The zero-order valence-corrected chi connectivity index (χ0v) is 39.5. The molecule has 0 saturated heterocycles. The van der Waals surface area contributed by atoms with E-state index in [1.165, 1.54) is 186 Å². The molecule has 0 aromatic carbocycles. The van der Waals surface area contributed by atoms with E-state index in [9.17, 15) is 14.4 Å². The maximum Gasteiger partial charge on any atom is 0.306 e. The van der Waals surface area contributed by atoms with Crippen molar-refractivity contribution in [3.63, 3.8) is 0 Å². The third kappa shape index (κ3) is 45.5. The lowest BCUT2D eigenvalue weighted by molar-refractivity contribution is -0.167. The molecule has 58 heavy (non-hydrogen) atoms. The van der Waals surface area contributed by atoms with Crippen LogP contribution < -0.4 is 0 Å². The van der Waals surface area contributed by atoms with Gasteiger partial charge in [0, 0.05) is 19.3 Å². The van der Waals surface area contributed by atoms with Gasteiger partial charge in [-0.3, -0.25) is 14.4 Å². The molecule has 0 aliphatic rings. The SMILES string of the molecule is CCCCCCCCCCCCCCC(=O)OC[C@H](COC(=O)CCCCCCCCCCCCC)OC(=O)CCCCCCCCCCCCCCCCC(C)C. The summed E-state index contributed by atoms with van der Waals surface area (Å²) in [5.41, 5.74) is 0. The van der Waals surface area contributed by atoms with Crippen molar-refractivity contribution in [3.8, 4) is 0 Å². The lowest BCUT2D eigenvalue weighted by Crippen LogP contribution is -2.30. The van der Waals surface area contributed by atoms with Gasteiger partial charge in [-0.1, -0.05) is 252 Å². The second-order valence-corrected chi connectivity index (χ2v) is 18.3. The third-order valence-electron chi connectivity index (χ3n) is 11.8. The summed E-state index contributed by atoms with van der Waals surface area (Å²) in [4.78, 5) is 37.9. The highest BCUT2D eigenvalue weighted by Crippen LogP contribution is 2.17. The van der Waals surface area contributed by atoms with Crippen LogP contribution in [0.5, 0.6) is 0 Å². The third-order valence-corrected chi connectivity index (χ3v) is 11.8. The summed E-state index contributed by atoms with van der Waals surface area (Å²) in [6, 6.07) is 0. The number of carbonyl (C=O) groups excluding carboxylic acids is 3. The molecule has 0 unspecified atom stereocenters. The van der Waals surface area contributed by atoms with Crippen LogP contribution in [0.3, 0.4) is 0 Å². The second-order valence-electron chi connectivity index (χ2n) is 18.3. The van der Waals surface area contributed by atoms with E-state index < -0.39 is 6.10 Å². The smallest absolute Gasteiger partial charge is 0.306 e. The number of carbonyl (C=O) groups is 3. The van der Waals surface area contributed by atoms with Gasteiger partial charge in [0.2, 0.25) is 0 Å². The largest absolute Gasteiger partial charge is 0.462 e. The Balaban J connectivity index is 4.29. The van der Waals surface area contributed by atoms with Crippen molar-refractivity contribution in [1.82, 2.24) is 0 Å². The molecule has 0 aliphatic carbocycles. The molecule has 0 spiro atoms. The highest BCUT2D eigenvalue weighted by atomic mass is 16.6. The number of unbranched alkanes of at least 4 members (excludes halogenated alkanes) is 34. The van der Waals surface area contributed by atoms with E-state index in [-0.39, 0.29) is 31.1 Å². The summed E-state index contributed by atoms with van der Waals surface area (Å²) in [6.07, 6.45) is 48.0. The molecule has 6 heteroatoms. The molecule has 0 rings (SSSR count). The molecular weight excluding hydrogens is 721 g/mol. The average Bonchev–Trinajstić information content (AvgIpc) is 3.21. The quantitative estimate of drug-likeness (QED) is 0.0346. The van der Waals surface area contributed by atoms with Gasteiger partial charge in [0.05, 0.1) is 0 Å². The fourth-order valence-electron chi connectivity index (χ4n) is 7.86. The Morgan fingerprint density at radius 1 is 0.328 bits per heavy atom. The second kappa shape index (κ2) is 46.5. The van der Waals surface area contributed by atoms with E-state index in [0.29, 0.717) is 19.3 Å². The monoisotopic (exact) mass is 821 g/mol. The molecule has 0 saturated carbocycles. The van der Waals surface area contributed by atoms with Gasteiger partial charge >= 0.3 is 17.9 Å². The van der Waals surface area contributed by atoms with Gasteiger partial charge in [-0.05, 0) is 25.2 Å². The topological polar surface area (TPSA) is 78.9 Å². The van der Waals surface area contributed by atoms with Crippen molar-refractivity contribution in [2.24, 2.45) is 5.92 Å². The fraction of sp³-hybridized carbons (Fsp3) is 0.942. The first-order chi connectivity index (χ1) is 28.4. The molecule has 0 bridgehead atoms. The number of hydrogen-bond acceptors (Lipinski definition) is 6. The van der Waals surface area contributed by atoms with Crippen molar-refractivity contribution in [2.45, 2.75) is 297 Å². The van der Waals surface area contributed by atoms with Gasteiger partial charge in [0.15, 0.2) is 6.10 Å². The van der Waals surface area contributed by atoms with E-state index in [1.807, 2.05) is 0 Å². The van der Waals surface area contributed by atoms with Gasteiger partial charge in [0.1, 0.15) is 13.2 Å². The van der Waals surface area contributed by atoms with Crippen LogP contribution in [0.4, 0.5) is 0 Å². The van der Waals surface area contributed by atoms with Crippen molar-refractivity contribution < 1.29 is 28.6 Å². The Bertz CT molecular complexity index is 872. The number of ether oxygens (including phenoxy) is 3. The number of esters is 3. The lowest BCUT2D eigenvalue weighted by atomic mass is 10.0. The Kier molecular flexibility index (Phi) is 45.2. The van der Waals surface area contributed by atoms with Gasteiger partial charge in [-0.2, -0.15) is 0 Å². The number of rotatable bonds is 47. The van der Waals surface area contributed by atoms with E-state index >= 15 is 0 Å². The molecule has 0 aromatic rings. The molecule has 0 radical (unpaired) electrons. The van der Waals surface area contributed by atoms with Gasteiger partial charge in [-0.15, -0.1) is 0 Å². The molecule has 0 fully saturated rings. The molecule has 6 nitrogen and oxygen atoms in total. The fourth-order valence-corrected chi connectivity index (χ4v) is 7.86. The molecule has 344 valence electrons. The minimum absolute atomic E-state index is 0.0626. The molecular formula is C52H100O6. The van der Waals surface area contributed by atoms with E-state index in [4.69, 9.17) is 14.2 Å². The average molecular weight is 821 g/mol. The molecule has 0 aliphatic heterocycles. The Labute approximate surface area is 361 Å². The van der Waals surface area contributed by atoms with Crippen LogP contribution in [0.2, 0.25) is 0 Å². The summed E-state index contributed by atoms with van der Waals surface area (Å²) >= 11 is 0. The highest BCUT2D eigenvalue weighted by Gasteiger charge is 2.19. The summed E-state index contributed by atoms with van der Waals surface area (Å²) in [5, 5.41) is 0. The van der Waals surface area contributed by atoms with E-state index in [1.54, 1.807) is 0 Å². The van der Waals surface area contributed by atoms with Crippen LogP contribution in [-0.2, 0) is 28.6 Å². The van der Waals surface area contributed by atoms with Crippen LogP contribution in [0.1, 0.15) is 291 Å². The molecule has 0 aromatic heterocycles. The van der Waals surface area contributed by atoms with Crippen molar-refractivity contribution >= 4 is 17.9 Å². The Morgan fingerprint density at radius 3 is 0.845 bits per heavy atom. The summed E-state index contributed by atoms with van der Waals surface area (Å²) < 4.78 is 16.8. The summed E-state index contributed by atoms with van der Waals surface area (Å²) in [5.74, 6) is -0.00116. The standard InChI is InChI=1S/C52H100O6/c1-5-7-9-11-13-15-17-24-28-32-36-40-44-51(54)57-47-49(46-56-50(53)43-39-35-31-27-22-16-14-12-10-8-6-2)58-52(55)45-41-37-33-29-25-21-19-18-20-23-26-30-34-38-42-48(3)4/h48-49H,5-47H2,1-4H3/t49-/m0/s1. The normalized spacial score (nSPS) is 11.9. The predicted octanol–water partition coefficient (Wildman–Crippen LogP) is 16.7. The number of hydrogen-bond donors (Lipinski definition) is 0. The minimum Gasteiger partial charge on any atom is -0.462 e. The predicted molar refractivity (Wildman–Crippen MR) is 247 cm³/mol. The first-order valence-corrected chi connectivity index (χ1v) is 25.9. The summed E-state index contributed by atoms with van der Waals surface area (Å²) in [6.45, 7) is 9.03. The van der Waals surface area contributed by atoms with E-state index in [2.05, 4.69) is 27.7 Å². The molecule has 0 heterocycles. The molecule has 0 amide bonds. The maximum absolute atomic E-state index is 12.8. The van der Waals surface area contributed by atoms with Crippen LogP contribution in [0.25, 0.3) is 0 Å². The summed E-state index contributed by atoms with van der Waals surface area (Å²) in [7, 11) is 0. The van der Waals surface area contributed by atoms with Crippen LogP contribution in [-0.4, -0.2) is 37.2 Å². The van der Waals surface area contributed by atoms with Crippen LogP contribution in [0.15, 0.2) is 0 Å². The minimum atomic E-state index is -0.760. The first-order valence-electron chi connectivity index (χ1n) is 25.9. The highest BCUT2D eigenvalue weighted by molar-refractivity contribution is 5.71. The van der Waals surface area contributed by atoms with Crippen LogP contribution in [0, 0.1) is 5.92 Å². The van der Waals surface area contributed by atoms with Crippen molar-refractivity contribution in [3.05, 3.63) is 0 Å². The zero-order valence-electron chi connectivity index (χ0n) is 39.5. The molecule has 1 atom stereocenters. The van der Waals surface area contributed by atoms with Crippen molar-refractivity contribution in [1.29, 1.82) is 0 Å². The van der Waals surface area contributed by atoms with Crippen molar-refractivity contribution in [2.75, 3.05) is 13.2 Å². The van der Waals surface area contributed by atoms with Crippen LogP contribution >= 0.6 is 0 Å². The molecule has 0 N–H and O–H groups in total. The van der Waals surface area contributed by atoms with Gasteiger partial charge in [-0.25, -0.2) is 0 Å². The zero-order chi connectivity index (χ0) is 42.4. The first kappa shape index (κ1) is 56.4. The lowest BCUT2D eigenvalue weighted by Gasteiger charge is -2.18. The Morgan fingerprint density at radius 2 is 0.569 bits per heavy atom. The Hall–Kier alpha value is -1.59. The maximum atomic E-state index is 12.8. The van der Waals surface area contributed by atoms with Gasteiger partial charge < -0.3 is 14.2 Å².